The lowest BCUT2D eigenvalue weighted by atomic mass is 10.2. The quantitative estimate of drug-likeness (QED) is 0.332. The standard InChI is InChI=1S/C10H14FN3O2.C6H4N2O5/c1-10(2,3)16-9(15)13-8-4-5-14(12)6-7(8)11;9-6-2-1-4(7(10)11)3-5(6)8(12)13/h4-6H,12H2,1-3H3;1-3,9H. The average Bonchev–Trinajstić information content (AvgIpc) is 2.56. The first-order chi connectivity index (χ1) is 13.3. The first kappa shape index (κ1) is 23.0. The number of nitrogens with two attached hydrogens (primary N) is 1. The lowest BCUT2D eigenvalue weighted by Gasteiger charge is -2.19. The maximum absolute atomic E-state index is 13.3. The molecule has 1 aromatic carbocycles. The van der Waals surface area contributed by atoms with Gasteiger partial charge in [-0.05, 0) is 26.5 Å². The van der Waals surface area contributed by atoms with Crippen LogP contribution < -0.4 is 20.9 Å². The highest BCUT2D eigenvalue weighted by Crippen LogP contribution is 2.27. The van der Waals surface area contributed by atoms with Crippen LogP contribution in [0.2, 0.25) is 0 Å². The molecule has 0 aliphatic rings. The number of aromatic nitrogens is 1. The number of hydrogen-bond donors (Lipinski definition) is 2. The normalized spacial score (nSPS) is 10.3. The fourth-order valence-electron chi connectivity index (χ4n) is 1.76. The van der Waals surface area contributed by atoms with E-state index in [1.165, 1.54) is 12.3 Å². The number of non-ortho nitro benzene ring substituents is 1. The van der Waals surface area contributed by atoms with Crippen LogP contribution in [-0.2, 0) is 4.74 Å². The van der Waals surface area contributed by atoms with E-state index in [0.717, 1.165) is 23.0 Å². The van der Waals surface area contributed by atoms with Crippen LogP contribution in [-0.4, -0.2) is 21.5 Å². The SMILES string of the molecule is CC(C)(C)OC(=O)Nc1cc[n+](N)cc1F.O=[N+]([O-])c1ccc([O-])c([N+](=O)[O-])c1. The number of ether oxygens (including phenoxy) is 1. The number of carbonyl (C=O) groups excluding carboxylic acids is 1. The summed E-state index contributed by atoms with van der Waals surface area (Å²) in [7, 11) is 0. The van der Waals surface area contributed by atoms with Crippen LogP contribution in [0.15, 0.2) is 36.7 Å². The summed E-state index contributed by atoms with van der Waals surface area (Å²) in [4.78, 5) is 29.9. The number of nitro benzene ring substituents is 2. The molecular formula is C16H18FN5O7. The molecule has 0 aliphatic carbocycles. The topological polar surface area (TPSA) is 178 Å². The van der Waals surface area contributed by atoms with Crippen molar-refractivity contribution in [2.75, 3.05) is 11.2 Å². The Morgan fingerprint density at radius 2 is 1.83 bits per heavy atom. The van der Waals surface area contributed by atoms with Gasteiger partial charge in [-0.3, -0.25) is 25.5 Å². The molecule has 0 spiro atoms. The number of amides is 1. The third kappa shape index (κ3) is 7.62. The van der Waals surface area contributed by atoms with Gasteiger partial charge in [-0.2, -0.15) is 4.39 Å². The van der Waals surface area contributed by atoms with Gasteiger partial charge in [0, 0.05) is 12.1 Å². The maximum atomic E-state index is 13.3. The summed E-state index contributed by atoms with van der Waals surface area (Å²) in [5, 5.41) is 33.4. The number of nitrogens with zero attached hydrogens (tertiary/aromatic N) is 3. The number of hydrogen-bond acceptors (Lipinski definition) is 8. The van der Waals surface area contributed by atoms with Crippen molar-refractivity contribution >= 4 is 23.2 Å². The first-order valence-corrected chi connectivity index (χ1v) is 7.86. The van der Waals surface area contributed by atoms with E-state index in [2.05, 4.69) is 5.32 Å². The minimum atomic E-state index is -0.949. The van der Waals surface area contributed by atoms with Crippen LogP contribution >= 0.6 is 0 Å². The Balaban J connectivity index is 0.000000296. The second-order valence-corrected chi connectivity index (χ2v) is 6.45. The number of nitrogen functional groups attached to an aromatic ring is 1. The van der Waals surface area contributed by atoms with E-state index in [1.54, 1.807) is 20.8 Å². The Kier molecular flexibility index (Phi) is 7.34. The molecule has 3 N–H and O–H groups in total. The van der Waals surface area contributed by atoms with Crippen molar-refractivity contribution in [1.29, 1.82) is 0 Å². The van der Waals surface area contributed by atoms with E-state index in [0.29, 0.717) is 6.07 Å². The molecule has 156 valence electrons. The van der Waals surface area contributed by atoms with Crippen molar-refractivity contribution in [1.82, 2.24) is 0 Å². The lowest BCUT2D eigenvalue weighted by molar-refractivity contribution is -0.640. The maximum Gasteiger partial charge on any atom is 0.412 e. The highest BCUT2D eigenvalue weighted by Gasteiger charge is 2.18. The predicted molar refractivity (Wildman–Crippen MR) is 95.8 cm³/mol. The van der Waals surface area contributed by atoms with Crippen molar-refractivity contribution < 1.29 is 33.6 Å². The second-order valence-electron chi connectivity index (χ2n) is 6.45. The summed E-state index contributed by atoms with van der Waals surface area (Å²) >= 11 is 0. The Bertz CT molecular complexity index is 930. The molecule has 0 bridgehead atoms. The van der Waals surface area contributed by atoms with Gasteiger partial charge in [-0.15, -0.1) is 0 Å². The molecule has 2 rings (SSSR count). The molecule has 1 amide bonds. The zero-order chi connectivity index (χ0) is 22.4. The summed E-state index contributed by atoms with van der Waals surface area (Å²) in [5.74, 6) is 3.83. The minimum absolute atomic E-state index is 0.0240. The van der Waals surface area contributed by atoms with Crippen molar-refractivity contribution in [2.24, 2.45) is 0 Å². The van der Waals surface area contributed by atoms with E-state index < -0.39 is 44.5 Å². The molecule has 12 nitrogen and oxygen atoms in total. The summed E-state index contributed by atoms with van der Waals surface area (Å²) in [6.45, 7) is 5.17. The Morgan fingerprint density at radius 1 is 1.21 bits per heavy atom. The van der Waals surface area contributed by atoms with Crippen molar-refractivity contribution in [3.63, 3.8) is 0 Å². The molecule has 0 radical (unpaired) electrons. The second kappa shape index (κ2) is 9.25. The number of rotatable bonds is 3. The number of benzene rings is 1. The number of pyridine rings is 1. The van der Waals surface area contributed by atoms with E-state index in [-0.39, 0.29) is 5.69 Å². The van der Waals surface area contributed by atoms with Crippen LogP contribution in [0.3, 0.4) is 0 Å². The third-order valence-corrected chi connectivity index (χ3v) is 2.92. The zero-order valence-corrected chi connectivity index (χ0v) is 15.6. The summed E-state index contributed by atoms with van der Waals surface area (Å²) in [6, 6.07) is 3.72. The number of nitro groups is 2. The first-order valence-electron chi connectivity index (χ1n) is 7.86. The molecule has 0 atom stereocenters. The van der Waals surface area contributed by atoms with Crippen molar-refractivity contribution in [2.45, 2.75) is 26.4 Å². The van der Waals surface area contributed by atoms with Crippen molar-refractivity contribution in [3.8, 4) is 5.75 Å². The smallest absolute Gasteiger partial charge is 0.412 e. The van der Waals surface area contributed by atoms with E-state index in [9.17, 15) is 34.5 Å². The Labute approximate surface area is 163 Å². The van der Waals surface area contributed by atoms with Gasteiger partial charge in [-0.1, -0.05) is 10.7 Å². The fraction of sp³-hybridized carbons (Fsp3) is 0.250. The summed E-state index contributed by atoms with van der Waals surface area (Å²) in [6.07, 6.45) is 1.75. The number of halogens is 1. The molecule has 13 heteroatoms. The van der Waals surface area contributed by atoms with Gasteiger partial charge in [0.15, 0.2) is 0 Å². The van der Waals surface area contributed by atoms with Gasteiger partial charge >= 0.3 is 6.09 Å². The van der Waals surface area contributed by atoms with Crippen LogP contribution in [0.25, 0.3) is 0 Å². The molecule has 2 aromatic rings. The molecule has 0 aliphatic heterocycles. The van der Waals surface area contributed by atoms with Crippen LogP contribution in [0.5, 0.6) is 5.75 Å². The van der Waals surface area contributed by atoms with Crippen LogP contribution in [0, 0.1) is 26.0 Å². The minimum Gasteiger partial charge on any atom is -0.868 e. The zero-order valence-electron chi connectivity index (χ0n) is 15.6. The summed E-state index contributed by atoms with van der Waals surface area (Å²) in [5.41, 5.74) is -1.85. The molecule has 29 heavy (non-hydrogen) atoms. The number of anilines is 1. The number of carbonyl (C=O) groups is 1. The van der Waals surface area contributed by atoms with Gasteiger partial charge in [0.2, 0.25) is 18.2 Å². The van der Waals surface area contributed by atoms with Gasteiger partial charge in [0.1, 0.15) is 5.60 Å². The molecule has 1 heterocycles. The third-order valence-electron chi connectivity index (χ3n) is 2.92. The molecule has 0 fully saturated rings. The van der Waals surface area contributed by atoms with Crippen molar-refractivity contribution in [3.05, 3.63) is 62.7 Å². The largest absolute Gasteiger partial charge is 0.868 e. The monoisotopic (exact) mass is 411 g/mol. The number of nitrogens with one attached hydrogen (secondary N) is 1. The molecule has 0 saturated heterocycles. The predicted octanol–water partition coefficient (Wildman–Crippen LogP) is 1.75. The highest BCUT2D eigenvalue weighted by molar-refractivity contribution is 5.84. The fourth-order valence-corrected chi connectivity index (χ4v) is 1.76. The summed E-state index contributed by atoms with van der Waals surface area (Å²) < 4.78 is 19.3. The van der Waals surface area contributed by atoms with Crippen LogP contribution in [0.1, 0.15) is 20.8 Å². The molecule has 0 saturated carbocycles. The van der Waals surface area contributed by atoms with E-state index >= 15 is 0 Å². The van der Waals surface area contributed by atoms with Gasteiger partial charge in [0.25, 0.3) is 11.4 Å². The molecule has 1 aromatic heterocycles. The average molecular weight is 411 g/mol. The molecule has 0 unspecified atom stereocenters. The Hall–Kier alpha value is -4.03. The van der Waals surface area contributed by atoms with E-state index in [1.807, 2.05) is 0 Å². The highest BCUT2D eigenvalue weighted by atomic mass is 19.1. The Morgan fingerprint density at radius 3 is 2.31 bits per heavy atom. The van der Waals surface area contributed by atoms with Gasteiger partial charge in [0.05, 0.1) is 21.6 Å². The van der Waals surface area contributed by atoms with E-state index in [4.69, 9.17) is 10.6 Å². The van der Waals surface area contributed by atoms with Crippen LogP contribution in [0.4, 0.5) is 26.2 Å². The van der Waals surface area contributed by atoms with Gasteiger partial charge in [-0.25, -0.2) is 10.6 Å². The van der Waals surface area contributed by atoms with Gasteiger partial charge < -0.3 is 9.84 Å². The molecular weight excluding hydrogens is 393 g/mol. The lowest BCUT2D eigenvalue weighted by Crippen LogP contribution is -2.44.